The SMILES string of the molecule is COc1cccc(COc2cccc(=O)n2CCc2ccc(C(=O)O)cc2)c1. The van der Waals surface area contributed by atoms with Gasteiger partial charge in [-0.1, -0.05) is 30.3 Å². The van der Waals surface area contributed by atoms with Crippen molar-refractivity contribution in [2.24, 2.45) is 0 Å². The highest BCUT2D eigenvalue weighted by Gasteiger charge is 2.07. The highest BCUT2D eigenvalue weighted by atomic mass is 16.5. The number of rotatable bonds is 8. The van der Waals surface area contributed by atoms with Gasteiger partial charge in [0.25, 0.3) is 5.56 Å². The molecule has 0 aliphatic heterocycles. The zero-order valence-electron chi connectivity index (χ0n) is 15.5. The van der Waals surface area contributed by atoms with Crippen molar-refractivity contribution in [1.82, 2.24) is 4.57 Å². The lowest BCUT2D eigenvalue weighted by molar-refractivity contribution is 0.0697. The maximum atomic E-state index is 12.3. The summed E-state index contributed by atoms with van der Waals surface area (Å²) in [7, 11) is 1.61. The van der Waals surface area contributed by atoms with E-state index in [0.717, 1.165) is 16.9 Å². The molecule has 0 radical (unpaired) electrons. The van der Waals surface area contributed by atoms with Gasteiger partial charge < -0.3 is 14.6 Å². The summed E-state index contributed by atoms with van der Waals surface area (Å²) in [6.07, 6.45) is 0.583. The quantitative estimate of drug-likeness (QED) is 0.649. The maximum Gasteiger partial charge on any atom is 0.335 e. The molecule has 0 spiro atoms. The largest absolute Gasteiger partial charge is 0.497 e. The number of carboxylic acid groups (broad SMARTS) is 1. The normalized spacial score (nSPS) is 10.5. The molecule has 0 unspecified atom stereocenters. The van der Waals surface area contributed by atoms with E-state index in [-0.39, 0.29) is 11.1 Å². The summed E-state index contributed by atoms with van der Waals surface area (Å²) < 4.78 is 12.7. The van der Waals surface area contributed by atoms with Gasteiger partial charge in [-0.05, 0) is 47.9 Å². The second-order valence-electron chi connectivity index (χ2n) is 6.25. The number of aryl methyl sites for hydroxylation is 1. The van der Waals surface area contributed by atoms with E-state index in [2.05, 4.69) is 0 Å². The summed E-state index contributed by atoms with van der Waals surface area (Å²) in [5.41, 5.74) is 1.97. The number of carbonyl (C=O) groups is 1. The zero-order chi connectivity index (χ0) is 19.9. The van der Waals surface area contributed by atoms with Crippen LogP contribution < -0.4 is 15.0 Å². The number of pyridine rings is 1. The highest BCUT2D eigenvalue weighted by molar-refractivity contribution is 5.87. The number of methoxy groups -OCH3 is 1. The molecule has 0 saturated heterocycles. The van der Waals surface area contributed by atoms with E-state index in [0.29, 0.717) is 25.5 Å². The molecule has 0 saturated carbocycles. The Kier molecular flexibility index (Phi) is 6.11. The molecule has 28 heavy (non-hydrogen) atoms. The Bertz CT molecular complexity index is 1010. The Morgan fingerprint density at radius 2 is 1.75 bits per heavy atom. The van der Waals surface area contributed by atoms with E-state index in [9.17, 15) is 9.59 Å². The van der Waals surface area contributed by atoms with Crippen molar-refractivity contribution in [3.8, 4) is 11.6 Å². The molecular weight excluding hydrogens is 358 g/mol. The van der Waals surface area contributed by atoms with E-state index >= 15 is 0 Å². The van der Waals surface area contributed by atoms with Gasteiger partial charge in [0.05, 0.1) is 12.7 Å². The first-order valence-electron chi connectivity index (χ1n) is 8.84. The predicted octanol–water partition coefficient (Wildman–Crippen LogP) is 3.38. The minimum atomic E-state index is -0.959. The number of nitrogens with zero attached hydrogens (tertiary/aromatic N) is 1. The summed E-state index contributed by atoms with van der Waals surface area (Å²) in [5.74, 6) is 0.271. The summed E-state index contributed by atoms with van der Waals surface area (Å²) in [6, 6.07) is 19.1. The molecule has 6 heteroatoms. The van der Waals surface area contributed by atoms with Crippen molar-refractivity contribution < 1.29 is 19.4 Å². The zero-order valence-corrected chi connectivity index (χ0v) is 15.5. The fourth-order valence-corrected chi connectivity index (χ4v) is 2.82. The lowest BCUT2D eigenvalue weighted by atomic mass is 10.1. The fourth-order valence-electron chi connectivity index (χ4n) is 2.82. The van der Waals surface area contributed by atoms with Crippen LogP contribution in [-0.4, -0.2) is 22.8 Å². The van der Waals surface area contributed by atoms with Crippen LogP contribution in [0.3, 0.4) is 0 Å². The van der Waals surface area contributed by atoms with Crippen LogP contribution in [0.15, 0.2) is 71.5 Å². The van der Waals surface area contributed by atoms with Gasteiger partial charge in [0.1, 0.15) is 12.4 Å². The molecule has 0 bridgehead atoms. The number of hydrogen-bond donors (Lipinski definition) is 1. The number of aromatic nitrogens is 1. The molecule has 6 nitrogen and oxygen atoms in total. The maximum absolute atomic E-state index is 12.3. The van der Waals surface area contributed by atoms with Gasteiger partial charge >= 0.3 is 5.97 Å². The molecule has 0 fully saturated rings. The summed E-state index contributed by atoms with van der Waals surface area (Å²) in [6.45, 7) is 0.744. The molecule has 144 valence electrons. The van der Waals surface area contributed by atoms with E-state index in [1.807, 2.05) is 24.3 Å². The van der Waals surface area contributed by atoms with Crippen LogP contribution in [0.4, 0.5) is 0 Å². The van der Waals surface area contributed by atoms with Crippen LogP contribution in [0.25, 0.3) is 0 Å². The highest BCUT2D eigenvalue weighted by Crippen LogP contribution is 2.16. The molecule has 3 rings (SSSR count). The molecular formula is C22H21NO5. The van der Waals surface area contributed by atoms with Crippen molar-refractivity contribution in [2.75, 3.05) is 7.11 Å². The third-order valence-electron chi connectivity index (χ3n) is 4.36. The standard InChI is InChI=1S/C22H21NO5/c1-27-19-5-2-4-17(14-19)15-28-21-7-3-6-20(24)23(21)13-12-16-8-10-18(11-9-16)22(25)26/h2-11,14H,12-13,15H2,1H3,(H,25,26). The lowest BCUT2D eigenvalue weighted by Gasteiger charge is -2.14. The van der Waals surface area contributed by atoms with Crippen LogP contribution >= 0.6 is 0 Å². The molecule has 0 aliphatic rings. The first-order valence-corrected chi connectivity index (χ1v) is 8.84. The lowest BCUT2D eigenvalue weighted by Crippen LogP contribution is -2.22. The fraction of sp³-hybridized carbons (Fsp3) is 0.182. The minimum Gasteiger partial charge on any atom is -0.497 e. The van der Waals surface area contributed by atoms with E-state index in [1.54, 1.807) is 48.1 Å². The Morgan fingerprint density at radius 3 is 2.46 bits per heavy atom. The topological polar surface area (TPSA) is 77.8 Å². The van der Waals surface area contributed by atoms with Crippen LogP contribution in [0.1, 0.15) is 21.5 Å². The van der Waals surface area contributed by atoms with Gasteiger partial charge in [0.15, 0.2) is 5.88 Å². The second kappa shape index (κ2) is 8.90. The second-order valence-corrected chi connectivity index (χ2v) is 6.25. The number of benzene rings is 2. The third-order valence-corrected chi connectivity index (χ3v) is 4.36. The van der Waals surface area contributed by atoms with Gasteiger partial charge in [-0.15, -0.1) is 0 Å². The van der Waals surface area contributed by atoms with E-state index in [1.165, 1.54) is 6.07 Å². The molecule has 1 aromatic heterocycles. The smallest absolute Gasteiger partial charge is 0.335 e. The van der Waals surface area contributed by atoms with E-state index < -0.39 is 5.97 Å². The minimum absolute atomic E-state index is 0.148. The van der Waals surface area contributed by atoms with Crippen molar-refractivity contribution in [1.29, 1.82) is 0 Å². The van der Waals surface area contributed by atoms with Crippen molar-refractivity contribution in [3.05, 3.63) is 93.8 Å². The summed E-state index contributed by atoms with van der Waals surface area (Å²) in [5, 5.41) is 8.97. The monoisotopic (exact) mass is 379 g/mol. The predicted molar refractivity (Wildman–Crippen MR) is 105 cm³/mol. The molecule has 0 atom stereocenters. The summed E-state index contributed by atoms with van der Waals surface area (Å²) >= 11 is 0. The van der Waals surface area contributed by atoms with Gasteiger partial charge in [-0.25, -0.2) is 4.79 Å². The molecule has 2 aromatic carbocycles. The number of carboxylic acids is 1. The average Bonchev–Trinajstić information content (AvgIpc) is 2.72. The molecule has 3 aromatic rings. The molecule has 1 N–H and O–H groups in total. The van der Waals surface area contributed by atoms with Crippen LogP contribution in [0.5, 0.6) is 11.6 Å². The van der Waals surface area contributed by atoms with Gasteiger partial charge in [-0.3, -0.25) is 9.36 Å². The van der Waals surface area contributed by atoms with Crippen LogP contribution in [-0.2, 0) is 19.6 Å². The van der Waals surface area contributed by atoms with Gasteiger partial charge in [-0.2, -0.15) is 0 Å². The van der Waals surface area contributed by atoms with Crippen LogP contribution in [0, 0.1) is 0 Å². The average molecular weight is 379 g/mol. The van der Waals surface area contributed by atoms with E-state index in [4.69, 9.17) is 14.6 Å². The van der Waals surface area contributed by atoms with Crippen molar-refractivity contribution >= 4 is 5.97 Å². The van der Waals surface area contributed by atoms with Crippen molar-refractivity contribution in [3.63, 3.8) is 0 Å². The summed E-state index contributed by atoms with van der Waals surface area (Å²) in [4.78, 5) is 23.2. The number of aromatic carboxylic acids is 1. The van der Waals surface area contributed by atoms with Crippen LogP contribution in [0.2, 0.25) is 0 Å². The van der Waals surface area contributed by atoms with Gasteiger partial charge in [0.2, 0.25) is 0 Å². The Morgan fingerprint density at radius 1 is 1.00 bits per heavy atom. The van der Waals surface area contributed by atoms with Crippen molar-refractivity contribution in [2.45, 2.75) is 19.6 Å². The molecule has 0 amide bonds. The first-order chi connectivity index (χ1) is 13.6. The Balaban J connectivity index is 1.71. The third kappa shape index (κ3) is 4.79. The van der Waals surface area contributed by atoms with Gasteiger partial charge in [0, 0.05) is 12.6 Å². The number of ether oxygens (including phenoxy) is 2. The Hall–Kier alpha value is -3.54. The molecule has 1 heterocycles. The Labute approximate surface area is 162 Å². The first kappa shape index (κ1) is 19.2. The number of hydrogen-bond acceptors (Lipinski definition) is 4. The molecule has 0 aliphatic carbocycles.